The second-order valence-electron chi connectivity index (χ2n) is 6.41. The third-order valence-electron chi connectivity index (χ3n) is 4.52. The number of hydrogen-bond donors (Lipinski definition) is 2. The van der Waals surface area contributed by atoms with E-state index in [9.17, 15) is 9.18 Å². The van der Waals surface area contributed by atoms with Crippen LogP contribution >= 0.6 is 12.4 Å². The Morgan fingerprint density at radius 1 is 1.12 bits per heavy atom. The molecule has 1 aliphatic heterocycles. The van der Waals surface area contributed by atoms with E-state index in [1.807, 2.05) is 31.2 Å². The molecule has 6 heteroatoms. The molecule has 1 heterocycles. The fraction of sp³-hybridized carbons (Fsp3) is 0.350. The molecule has 26 heavy (non-hydrogen) atoms. The third-order valence-corrected chi connectivity index (χ3v) is 4.52. The van der Waals surface area contributed by atoms with Crippen LogP contribution in [0.1, 0.15) is 15.9 Å². The summed E-state index contributed by atoms with van der Waals surface area (Å²) < 4.78 is 14.4. The van der Waals surface area contributed by atoms with Crippen molar-refractivity contribution in [2.45, 2.75) is 6.92 Å². The van der Waals surface area contributed by atoms with Crippen LogP contribution in [0.5, 0.6) is 0 Å². The Kier molecular flexibility index (Phi) is 7.57. The molecule has 1 saturated heterocycles. The molecule has 1 amide bonds. The van der Waals surface area contributed by atoms with Gasteiger partial charge in [-0.15, -0.1) is 12.4 Å². The zero-order chi connectivity index (χ0) is 17.6. The van der Waals surface area contributed by atoms with Gasteiger partial charge < -0.3 is 10.6 Å². The van der Waals surface area contributed by atoms with Crippen LogP contribution in [0, 0.1) is 12.7 Å². The Labute approximate surface area is 160 Å². The molecule has 1 fully saturated rings. The predicted molar refractivity (Wildman–Crippen MR) is 105 cm³/mol. The van der Waals surface area contributed by atoms with Gasteiger partial charge in [-0.2, -0.15) is 0 Å². The van der Waals surface area contributed by atoms with Crippen molar-refractivity contribution in [2.75, 3.05) is 39.3 Å². The molecule has 0 spiro atoms. The smallest absolute Gasteiger partial charge is 0.254 e. The fourth-order valence-corrected chi connectivity index (χ4v) is 2.98. The van der Waals surface area contributed by atoms with Crippen molar-refractivity contribution in [1.82, 2.24) is 15.5 Å². The molecule has 3 rings (SSSR count). The van der Waals surface area contributed by atoms with Crippen molar-refractivity contribution in [3.63, 3.8) is 0 Å². The van der Waals surface area contributed by atoms with E-state index in [4.69, 9.17) is 0 Å². The van der Waals surface area contributed by atoms with Crippen molar-refractivity contribution >= 4 is 18.3 Å². The number of hydrogen-bond acceptors (Lipinski definition) is 3. The van der Waals surface area contributed by atoms with Crippen LogP contribution in [0.3, 0.4) is 0 Å². The summed E-state index contributed by atoms with van der Waals surface area (Å²) in [4.78, 5) is 14.5. The zero-order valence-electron chi connectivity index (χ0n) is 14.9. The Morgan fingerprint density at radius 3 is 2.42 bits per heavy atom. The highest BCUT2D eigenvalue weighted by Crippen LogP contribution is 2.22. The van der Waals surface area contributed by atoms with E-state index in [-0.39, 0.29) is 23.9 Å². The largest absolute Gasteiger partial charge is 0.351 e. The molecule has 0 aromatic heterocycles. The van der Waals surface area contributed by atoms with Crippen molar-refractivity contribution in [3.8, 4) is 11.1 Å². The minimum Gasteiger partial charge on any atom is -0.351 e. The quantitative estimate of drug-likeness (QED) is 0.842. The molecule has 0 unspecified atom stereocenters. The van der Waals surface area contributed by atoms with Crippen LogP contribution in [-0.4, -0.2) is 50.1 Å². The van der Waals surface area contributed by atoms with Gasteiger partial charge in [-0.1, -0.05) is 35.9 Å². The van der Waals surface area contributed by atoms with Gasteiger partial charge in [-0.3, -0.25) is 9.69 Å². The first kappa shape index (κ1) is 20.4. The molecule has 0 aliphatic carbocycles. The molecular weight excluding hydrogens is 353 g/mol. The summed E-state index contributed by atoms with van der Waals surface area (Å²) in [6.45, 7) is 7.24. The Balaban J connectivity index is 0.00000243. The second kappa shape index (κ2) is 9.67. The number of aryl methyl sites for hydroxylation is 1. The molecule has 140 valence electrons. The molecule has 2 N–H and O–H groups in total. The van der Waals surface area contributed by atoms with Crippen LogP contribution in [0.2, 0.25) is 0 Å². The van der Waals surface area contributed by atoms with Gasteiger partial charge in [0, 0.05) is 39.3 Å². The lowest BCUT2D eigenvalue weighted by Crippen LogP contribution is -2.46. The van der Waals surface area contributed by atoms with Crippen molar-refractivity contribution in [3.05, 3.63) is 59.4 Å². The summed E-state index contributed by atoms with van der Waals surface area (Å²) in [6.07, 6.45) is 0. The first-order valence-corrected chi connectivity index (χ1v) is 8.71. The second-order valence-corrected chi connectivity index (χ2v) is 6.41. The normalized spacial score (nSPS) is 14.5. The molecule has 2 aromatic carbocycles. The van der Waals surface area contributed by atoms with E-state index < -0.39 is 5.82 Å². The summed E-state index contributed by atoms with van der Waals surface area (Å²) in [5, 5.41) is 6.10. The van der Waals surface area contributed by atoms with Crippen LogP contribution in [-0.2, 0) is 0 Å². The predicted octanol–water partition coefficient (Wildman–Crippen LogP) is 2.86. The number of carbonyl (C=O) groups is 1. The van der Waals surface area contributed by atoms with Gasteiger partial charge in [-0.25, -0.2) is 4.39 Å². The molecule has 0 saturated carbocycles. The van der Waals surface area contributed by atoms with Gasteiger partial charge in [0.25, 0.3) is 5.91 Å². The number of amides is 1. The molecule has 0 atom stereocenters. The standard InChI is InChI=1S/C20H24FN3O.ClH/c1-15-2-4-16(5-3-15)17-6-7-18(19(21)14-17)20(25)23-10-13-24-11-8-22-9-12-24;/h2-7,14,22H,8-13H2,1H3,(H,23,25);1H. The van der Waals surface area contributed by atoms with Gasteiger partial charge >= 0.3 is 0 Å². The molecule has 0 bridgehead atoms. The van der Waals surface area contributed by atoms with E-state index in [1.165, 1.54) is 6.07 Å². The van der Waals surface area contributed by atoms with Gasteiger partial charge in [0.2, 0.25) is 0 Å². The topological polar surface area (TPSA) is 44.4 Å². The lowest BCUT2D eigenvalue weighted by atomic mass is 10.0. The number of nitrogens with zero attached hydrogens (tertiary/aromatic N) is 1. The molecule has 4 nitrogen and oxygen atoms in total. The highest BCUT2D eigenvalue weighted by Gasteiger charge is 2.14. The van der Waals surface area contributed by atoms with Crippen molar-refractivity contribution in [1.29, 1.82) is 0 Å². The van der Waals surface area contributed by atoms with Crippen LogP contribution < -0.4 is 10.6 Å². The average molecular weight is 378 g/mol. The summed E-state index contributed by atoms with van der Waals surface area (Å²) in [7, 11) is 0. The minimum atomic E-state index is -0.488. The molecular formula is C20H25ClFN3O. The number of rotatable bonds is 5. The summed E-state index contributed by atoms with van der Waals surface area (Å²) in [5.74, 6) is -0.846. The molecule has 0 radical (unpaired) electrons. The van der Waals surface area contributed by atoms with Gasteiger partial charge in [0.15, 0.2) is 0 Å². The van der Waals surface area contributed by atoms with E-state index in [1.54, 1.807) is 12.1 Å². The SMILES string of the molecule is Cc1ccc(-c2ccc(C(=O)NCCN3CCNCC3)c(F)c2)cc1.Cl. The summed E-state index contributed by atoms with van der Waals surface area (Å²) >= 11 is 0. The highest BCUT2D eigenvalue weighted by atomic mass is 35.5. The van der Waals surface area contributed by atoms with Gasteiger partial charge in [0.05, 0.1) is 5.56 Å². The Morgan fingerprint density at radius 2 is 1.77 bits per heavy atom. The summed E-state index contributed by atoms with van der Waals surface area (Å²) in [6, 6.07) is 12.7. The maximum absolute atomic E-state index is 14.4. The number of piperazine rings is 1. The lowest BCUT2D eigenvalue weighted by molar-refractivity contribution is 0.0943. The van der Waals surface area contributed by atoms with Gasteiger partial charge in [0.1, 0.15) is 5.82 Å². The van der Waals surface area contributed by atoms with Crippen molar-refractivity contribution < 1.29 is 9.18 Å². The van der Waals surface area contributed by atoms with Crippen LogP contribution in [0.15, 0.2) is 42.5 Å². The number of benzene rings is 2. The Hall–Kier alpha value is -1.95. The molecule has 1 aliphatic rings. The zero-order valence-corrected chi connectivity index (χ0v) is 15.7. The van der Waals surface area contributed by atoms with Crippen molar-refractivity contribution in [2.24, 2.45) is 0 Å². The van der Waals surface area contributed by atoms with Crippen LogP contribution in [0.25, 0.3) is 11.1 Å². The number of nitrogens with one attached hydrogen (secondary N) is 2. The number of halogens is 2. The third kappa shape index (κ3) is 5.27. The molecule has 2 aromatic rings. The lowest BCUT2D eigenvalue weighted by Gasteiger charge is -2.27. The average Bonchev–Trinajstić information content (AvgIpc) is 2.63. The fourth-order valence-electron chi connectivity index (χ4n) is 2.98. The van der Waals surface area contributed by atoms with Crippen LogP contribution in [0.4, 0.5) is 4.39 Å². The number of carbonyl (C=O) groups excluding carboxylic acids is 1. The van der Waals surface area contributed by atoms with Gasteiger partial charge in [-0.05, 0) is 30.2 Å². The summed E-state index contributed by atoms with van der Waals surface area (Å²) in [5.41, 5.74) is 2.96. The van der Waals surface area contributed by atoms with E-state index >= 15 is 0 Å². The van der Waals surface area contributed by atoms with E-state index in [2.05, 4.69) is 15.5 Å². The van der Waals surface area contributed by atoms with E-state index in [0.717, 1.165) is 49.4 Å². The van der Waals surface area contributed by atoms with E-state index in [0.29, 0.717) is 6.54 Å². The minimum absolute atomic E-state index is 0. The maximum Gasteiger partial charge on any atom is 0.254 e. The first-order valence-electron chi connectivity index (χ1n) is 8.71. The monoisotopic (exact) mass is 377 g/mol. The maximum atomic E-state index is 14.4. The highest BCUT2D eigenvalue weighted by molar-refractivity contribution is 5.95. The Bertz CT molecular complexity index is 730. The first-order chi connectivity index (χ1) is 12.1.